The van der Waals surface area contributed by atoms with Gasteiger partial charge in [0.25, 0.3) is 0 Å². The second-order valence-corrected chi connectivity index (χ2v) is 6.84. The van der Waals surface area contributed by atoms with Gasteiger partial charge < -0.3 is 10.4 Å². The molecule has 0 amide bonds. The van der Waals surface area contributed by atoms with Gasteiger partial charge in [-0.1, -0.05) is 51.5 Å². The highest BCUT2D eigenvalue weighted by Gasteiger charge is 2.24. The Bertz CT molecular complexity index is 391. The lowest BCUT2D eigenvalue weighted by Gasteiger charge is -2.19. The zero-order valence-corrected chi connectivity index (χ0v) is 12.4. The molecule has 1 aromatic carbocycles. The van der Waals surface area contributed by atoms with Crippen LogP contribution in [-0.2, 0) is 12.0 Å². The van der Waals surface area contributed by atoms with Crippen LogP contribution >= 0.6 is 0 Å². The summed E-state index contributed by atoms with van der Waals surface area (Å²) >= 11 is 0. The Morgan fingerprint density at radius 3 is 2.37 bits per heavy atom. The lowest BCUT2D eigenvalue weighted by molar-refractivity contribution is 0.131. The summed E-state index contributed by atoms with van der Waals surface area (Å²) in [7, 11) is 0. The maximum Gasteiger partial charge on any atom is 0.0580 e. The van der Waals surface area contributed by atoms with Crippen LogP contribution in [-0.4, -0.2) is 17.8 Å². The van der Waals surface area contributed by atoms with Crippen molar-refractivity contribution >= 4 is 0 Å². The average Bonchev–Trinajstić information content (AvgIpc) is 2.75. The summed E-state index contributed by atoms with van der Waals surface area (Å²) in [5.41, 5.74) is 2.92. The van der Waals surface area contributed by atoms with Crippen LogP contribution in [0.5, 0.6) is 0 Å². The predicted molar refractivity (Wildman–Crippen MR) is 80.2 cm³/mol. The Morgan fingerprint density at radius 1 is 1.16 bits per heavy atom. The van der Waals surface area contributed by atoms with E-state index >= 15 is 0 Å². The van der Waals surface area contributed by atoms with Gasteiger partial charge in [-0.2, -0.15) is 0 Å². The SMILES string of the molecule is CC(C)(C)c1ccc(CNCC2CCCC2O)cc1. The highest BCUT2D eigenvalue weighted by molar-refractivity contribution is 5.27. The molecule has 1 fully saturated rings. The first-order valence-corrected chi connectivity index (χ1v) is 7.45. The first-order chi connectivity index (χ1) is 8.97. The quantitative estimate of drug-likeness (QED) is 0.872. The lowest BCUT2D eigenvalue weighted by atomic mass is 9.87. The minimum absolute atomic E-state index is 0.0873. The predicted octanol–water partition coefficient (Wildman–Crippen LogP) is 3.23. The highest BCUT2D eigenvalue weighted by atomic mass is 16.3. The first kappa shape index (κ1) is 14.5. The monoisotopic (exact) mass is 261 g/mol. The van der Waals surface area contributed by atoms with Crippen LogP contribution in [0, 0.1) is 5.92 Å². The van der Waals surface area contributed by atoms with E-state index in [1.54, 1.807) is 0 Å². The number of aliphatic hydroxyl groups is 1. The number of hydrogen-bond acceptors (Lipinski definition) is 2. The molecule has 1 saturated carbocycles. The summed E-state index contributed by atoms with van der Waals surface area (Å²) in [6.07, 6.45) is 3.23. The maximum absolute atomic E-state index is 9.77. The summed E-state index contributed by atoms with van der Waals surface area (Å²) in [5, 5.41) is 13.2. The van der Waals surface area contributed by atoms with Gasteiger partial charge in [-0.05, 0) is 35.3 Å². The molecule has 2 rings (SSSR count). The molecular weight excluding hydrogens is 234 g/mol. The molecule has 0 radical (unpaired) electrons. The topological polar surface area (TPSA) is 32.3 Å². The fraction of sp³-hybridized carbons (Fsp3) is 0.647. The Labute approximate surface area is 117 Å². The summed E-state index contributed by atoms with van der Waals surface area (Å²) in [5.74, 6) is 0.453. The summed E-state index contributed by atoms with van der Waals surface area (Å²) in [4.78, 5) is 0. The third kappa shape index (κ3) is 4.05. The van der Waals surface area contributed by atoms with Crippen LogP contribution in [0.4, 0.5) is 0 Å². The van der Waals surface area contributed by atoms with E-state index in [1.165, 1.54) is 17.5 Å². The number of hydrogen-bond donors (Lipinski definition) is 2. The molecule has 0 aromatic heterocycles. The number of rotatable bonds is 4. The van der Waals surface area contributed by atoms with E-state index in [-0.39, 0.29) is 11.5 Å². The molecule has 2 atom stereocenters. The Morgan fingerprint density at radius 2 is 1.84 bits per heavy atom. The highest BCUT2D eigenvalue weighted by Crippen LogP contribution is 2.25. The molecule has 0 bridgehead atoms. The fourth-order valence-electron chi connectivity index (χ4n) is 2.78. The van der Waals surface area contributed by atoms with Crippen LogP contribution in [0.15, 0.2) is 24.3 Å². The van der Waals surface area contributed by atoms with Gasteiger partial charge in [0.15, 0.2) is 0 Å². The molecule has 2 unspecified atom stereocenters. The summed E-state index contributed by atoms with van der Waals surface area (Å²) in [6, 6.07) is 8.86. The van der Waals surface area contributed by atoms with Gasteiger partial charge in [-0.3, -0.25) is 0 Å². The van der Waals surface area contributed by atoms with E-state index in [1.807, 2.05) is 0 Å². The lowest BCUT2D eigenvalue weighted by Crippen LogP contribution is -2.27. The van der Waals surface area contributed by atoms with Gasteiger partial charge in [0.05, 0.1) is 6.10 Å². The zero-order chi connectivity index (χ0) is 13.9. The Hall–Kier alpha value is -0.860. The van der Waals surface area contributed by atoms with Crippen molar-refractivity contribution in [2.24, 2.45) is 5.92 Å². The molecule has 0 saturated heterocycles. The van der Waals surface area contributed by atoms with Crippen molar-refractivity contribution in [3.05, 3.63) is 35.4 Å². The van der Waals surface area contributed by atoms with Crippen molar-refractivity contribution in [3.8, 4) is 0 Å². The van der Waals surface area contributed by atoms with E-state index in [0.717, 1.165) is 25.9 Å². The van der Waals surface area contributed by atoms with Gasteiger partial charge in [0, 0.05) is 13.1 Å². The third-order valence-electron chi connectivity index (χ3n) is 4.17. The van der Waals surface area contributed by atoms with E-state index in [0.29, 0.717) is 5.92 Å². The van der Waals surface area contributed by atoms with E-state index in [9.17, 15) is 5.11 Å². The van der Waals surface area contributed by atoms with E-state index < -0.39 is 0 Å². The Kier molecular flexibility index (Phi) is 4.64. The number of benzene rings is 1. The number of nitrogens with one attached hydrogen (secondary N) is 1. The molecule has 0 spiro atoms. The smallest absolute Gasteiger partial charge is 0.0580 e. The van der Waals surface area contributed by atoms with Crippen molar-refractivity contribution < 1.29 is 5.11 Å². The molecule has 1 aliphatic carbocycles. The fourth-order valence-corrected chi connectivity index (χ4v) is 2.78. The van der Waals surface area contributed by atoms with Crippen LogP contribution < -0.4 is 5.32 Å². The summed E-state index contributed by atoms with van der Waals surface area (Å²) < 4.78 is 0. The first-order valence-electron chi connectivity index (χ1n) is 7.45. The van der Waals surface area contributed by atoms with Gasteiger partial charge in [-0.25, -0.2) is 0 Å². The molecule has 0 heterocycles. The maximum atomic E-state index is 9.77. The standard InChI is InChI=1S/C17H27NO/c1-17(2,3)15-9-7-13(8-10-15)11-18-12-14-5-4-6-16(14)19/h7-10,14,16,18-19H,4-6,11-12H2,1-3H3. The van der Waals surface area contributed by atoms with Gasteiger partial charge >= 0.3 is 0 Å². The summed E-state index contributed by atoms with van der Waals surface area (Å²) in [6.45, 7) is 8.54. The van der Waals surface area contributed by atoms with Gasteiger partial charge in [-0.15, -0.1) is 0 Å². The van der Waals surface area contributed by atoms with Crippen LogP contribution in [0.3, 0.4) is 0 Å². The van der Waals surface area contributed by atoms with Crippen molar-refractivity contribution in [1.82, 2.24) is 5.32 Å². The minimum atomic E-state index is -0.0873. The normalized spacial score (nSPS) is 23.8. The zero-order valence-electron chi connectivity index (χ0n) is 12.4. The molecule has 106 valence electrons. The largest absolute Gasteiger partial charge is 0.393 e. The minimum Gasteiger partial charge on any atom is -0.393 e. The molecule has 0 aliphatic heterocycles. The van der Waals surface area contributed by atoms with Crippen molar-refractivity contribution in [1.29, 1.82) is 0 Å². The molecular formula is C17H27NO. The molecule has 2 N–H and O–H groups in total. The van der Waals surface area contributed by atoms with Gasteiger partial charge in [0.1, 0.15) is 0 Å². The number of aliphatic hydroxyl groups excluding tert-OH is 1. The average molecular weight is 261 g/mol. The molecule has 2 heteroatoms. The van der Waals surface area contributed by atoms with Gasteiger partial charge in [0.2, 0.25) is 0 Å². The van der Waals surface area contributed by atoms with Crippen molar-refractivity contribution in [2.45, 2.75) is 58.1 Å². The molecule has 2 nitrogen and oxygen atoms in total. The molecule has 1 aliphatic rings. The van der Waals surface area contributed by atoms with Crippen molar-refractivity contribution in [3.63, 3.8) is 0 Å². The third-order valence-corrected chi connectivity index (χ3v) is 4.17. The second kappa shape index (κ2) is 6.06. The van der Waals surface area contributed by atoms with Crippen molar-refractivity contribution in [2.75, 3.05) is 6.54 Å². The van der Waals surface area contributed by atoms with Crippen LogP contribution in [0.1, 0.15) is 51.2 Å². The second-order valence-electron chi connectivity index (χ2n) is 6.84. The molecule has 1 aromatic rings. The Balaban J connectivity index is 1.80. The molecule has 19 heavy (non-hydrogen) atoms. The van der Waals surface area contributed by atoms with Crippen LogP contribution in [0.2, 0.25) is 0 Å². The van der Waals surface area contributed by atoms with E-state index in [4.69, 9.17) is 0 Å². The van der Waals surface area contributed by atoms with Crippen LogP contribution in [0.25, 0.3) is 0 Å². The van der Waals surface area contributed by atoms with E-state index in [2.05, 4.69) is 50.4 Å².